The molecule has 0 nitrogen and oxygen atoms in total. The molecule has 16 heavy (non-hydrogen) atoms. The standard InChI is InChI=1S/C15H21Br/c1-12-5-4-8-14(9-12)11-15(16)10-13-6-2-3-7-13/h4-5,8-9,13,15H,2-3,6-7,10-11H2,1H3. The average molecular weight is 281 g/mol. The highest BCUT2D eigenvalue weighted by Crippen LogP contribution is 2.31. The minimum Gasteiger partial charge on any atom is -0.0887 e. The van der Waals surface area contributed by atoms with Crippen LogP contribution < -0.4 is 0 Å². The fraction of sp³-hybridized carbons (Fsp3) is 0.600. The van der Waals surface area contributed by atoms with Crippen molar-refractivity contribution < 1.29 is 0 Å². The number of rotatable bonds is 4. The van der Waals surface area contributed by atoms with Crippen LogP contribution in [0.25, 0.3) is 0 Å². The van der Waals surface area contributed by atoms with Crippen molar-refractivity contribution in [3.05, 3.63) is 35.4 Å². The second-order valence-electron chi connectivity index (χ2n) is 5.18. The second kappa shape index (κ2) is 5.86. The van der Waals surface area contributed by atoms with Crippen LogP contribution in [0.3, 0.4) is 0 Å². The first-order valence-electron chi connectivity index (χ1n) is 6.43. The van der Waals surface area contributed by atoms with E-state index in [-0.39, 0.29) is 0 Å². The molecule has 0 aromatic heterocycles. The van der Waals surface area contributed by atoms with Crippen LogP contribution in [0, 0.1) is 12.8 Å². The van der Waals surface area contributed by atoms with Gasteiger partial charge < -0.3 is 0 Å². The van der Waals surface area contributed by atoms with Crippen molar-refractivity contribution in [3.8, 4) is 0 Å². The molecule has 88 valence electrons. The third kappa shape index (κ3) is 3.62. The highest BCUT2D eigenvalue weighted by molar-refractivity contribution is 9.09. The first-order chi connectivity index (χ1) is 7.74. The van der Waals surface area contributed by atoms with E-state index in [9.17, 15) is 0 Å². The van der Waals surface area contributed by atoms with Crippen molar-refractivity contribution >= 4 is 15.9 Å². The van der Waals surface area contributed by atoms with Gasteiger partial charge in [-0.3, -0.25) is 0 Å². The summed E-state index contributed by atoms with van der Waals surface area (Å²) < 4.78 is 0. The van der Waals surface area contributed by atoms with Gasteiger partial charge in [0.25, 0.3) is 0 Å². The highest BCUT2D eigenvalue weighted by atomic mass is 79.9. The van der Waals surface area contributed by atoms with Crippen molar-refractivity contribution in [3.63, 3.8) is 0 Å². The maximum atomic E-state index is 3.85. The molecule has 0 N–H and O–H groups in total. The van der Waals surface area contributed by atoms with E-state index >= 15 is 0 Å². The Morgan fingerprint density at radius 2 is 2.06 bits per heavy atom. The van der Waals surface area contributed by atoms with E-state index in [1.807, 2.05) is 0 Å². The van der Waals surface area contributed by atoms with Crippen LogP contribution in [-0.4, -0.2) is 4.83 Å². The molecular weight excluding hydrogens is 260 g/mol. The number of halogens is 1. The van der Waals surface area contributed by atoms with Crippen molar-refractivity contribution in [2.75, 3.05) is 0 Å². The Hall–Kier alpha value is -0.300. The molecule has 1 aliphatic rings. The minimum atomic E-state index is 0.664. The lowest BCUT2D eigenvalue weighted by atomic mass is 9.98. The fourth-order valence-corrected chi connectivity index (χ4v) is 3.69. The van der Waals surface area contributed by atoms with Gasteiger partial charge in [0.1, 0.15) is 0 Å². The number of benzene rings is 1. The molecule has 1 heteroatoms. The molecule has 1 fully saturated rings. The van der Waals surface area contributed by atoms with Gasteiger partial charge in [-0.15, -0.1) is 0 Å². The fourth-order valence-electron chi connectivity index (χ4n) is 2.79. The molecule has 0 spiro atoms. The zero-order valence-electron chi connectivity index (χ0n) is 10.1. The molecule has 1 unspecified atom stereocenters. The third-order valence-electron chi connectivity index (χ3n) is 3.60. The zero-order chi connectivity index (χ0) is 11.4. The molecule has 1 atom stereocenters. The average Bonchev–Trinajstić information content (AvgIpc) is 2.70. The van der Waals surface area contributed by atoms with Gasteiger partial charge in [-0.2, -0.15) is 0 Å². The summed E-state index contributed by atoms with van der Waals surface area (Å²) in [6.07, 6.45) is 8.35. The van der Waals surface area contributed by atoms with Crippen LogP contribution in [0.2, 0.25) is 0 Å². The molecule has 0 amide bonds. The molecule has 0 radical (unpaired) electrons. The van der Waals surface area contributed by atoms with Gasteiger partial charge in [0.2, 0.25) is 0 Å². The van der Waals surface area contributed by atoms with E-state index in [0.717, 1.165) is 5.92 Å². The number of hydrogen-bond donors (Lipinski definition) is 0. The lowest BCUT2D eigenvalue weighted by Crippen LogP contribution is -2.08. The Balaban J connectivity index is 1.84. The lowest BCUT2D eigenvalue weighted by molar-refractivity contribution is 0.495. The molecular formula is C15H21Br. The van der Waals surface area contributed by atoms with Gasteiger partial charge in [0, 0.05) is 4.83 Å². The highest BCUT2D eigenvalue weighted by Gasteiger charge is 2.18. The summed E-state index contributed by atoms with van der Waals surface area (Å²) >= 11 is 3.85. The molecule has 0 heterocycles. The number of aryl methyl sites for hydroxylation is 1. The van der Waals surface area contributed by atoms with Crippen molar-refractivity contribution in [1.82, 2.24) is 0 Å². The van der Waals surface area contributed by atoms with Gasteiger partial charge in [-0.05, 0) is 31.2 Å². The summed E-state index contributed by atoms with van der Waals surface area (Å²) in [4.78, 5) is 0.664. The third-order valence-corrected chi connectivity index (χ3v) is 4.30. The van der Waals surface area contributed by atoms with E-state index in [1.165, 1.54) is 49.7 Å². The van der Waals surface area contributed by atoms with Crippen LogP contribution in [0.4, 0.5) is 0 Å². The van der Waals surface area contributed by atoms with Gasteiger partial charge in [-0.1, -0.05) is 71.4 Å². The topological polar surface area (TPSA) is 0 Å². The molecule has 1 aromatic carbocycles. The van der Waals surface area contributed by atoms with E-state index < -0.39 is 0 Å². The minimum absolute atomic E-state index is 0.664. The lowest BCUT2D eigenvalue weighted by Gasteiger charge is -2.15. The first kappa shape index (κ1) is 12.2. The van der Waals surface area contributed by atoms with E-state index in [4.69, 9.17) is 0 Å². The van der Waals surface area contributed by atoms with Crippen molar-refractivity contribution in [2.24, 2.45) is 5.92 Å². The maximum Gasteiger partial charge on any atom is 0.0188 e. The summed E-state index contributed by atoms with van der Waals surface area (Å²) in [5.74, 6) is 0.981. The summed E-state index contributed by atoms with van der Waals surface area (Å²) in [7, 11) is 0. The smallest absolute Gasteiger partial charge is 0.0188 e. The Bertz CT molecular complexity index is 326. The van der Waals surface area contributed by atoms with Crippen molar-refractivity contribution in [2.45, 2.75) is 50.3 Å². The van der Waals surface area contributed by atoms with Crippen LogP contribution in [0.1, 0.15) is 43.2 Å². The molecule has 0 bridgehead atoms. The van der Waals surface area contributed by atoms with E-state index in [2.05, 4.69) is 47.1 Å². The summed E-state index contributed by atoms with van der Waals surface area (Å²) in [6.45, 7) is 2.17. The van der Waals surface area contributed by atoms with E-state index in [0.29, 0.717) is 4.83 Å². The number of hydrogen-bond acceptors (Lipinski definition) is 0. The van der Waals surface area contributed by atoms with Crippen LogP contribution >= 0.6 is 15.9 Å². The Morgan fingerprint density at radius 1 is 1.31 bits per heavy atom. The summed E-state index contributed by atoms with van der Waals surface area (Å²) in [5, 5.41) is 0. The van der Waals surface area contributed by atoms with E-state index in [1.54, 1.807) is 0 Å². The molecule has 1 saturated carbocycles. The maximum absolute atomic E-state index is 3.85. The van der Waals surface area contributed by atoms with Gasteiger partial charge in [0.05, 0.1) is 0 Å². The predicted octanol–water partition coefficient (Wildman–Crippen LogP) is 4.88. The van der Waals surface area contributed by atoms with Gasteiger partial charge in [0.15, 0.2) is 0 Å². The monoisotopic (exact) mass is 280 g/mol. The second-order valence-corrected chi connectivity index (χ2v) is 6.47. The van der Waals surface area contributed by atoms with Gasteiger partial charge in [-0.25, -0.2) is 0 Å². The van der Waals surface area contributed by atoms with Crippen molar-refractivity contribution in [1.29, 1.82) is 0 Å². The molecule has 0 aliphatic heterocycles. The quantitative estimate of drug-likeness (QED) is 0.690. The number of alkyl halides is 1. The van der Waals surface area contributed by atoms with Crippen LogP contribution in [0.15, 0.2) is 24.3 Å². The predicted molar refractivity (Wildman–Crippen MR) is 74.2 cm³/mol. The van der Waals surface area contributed by atoms with Crippen LogP contribution in [0.5, 0.6) is 0 Å². The zero-order valence-corrected chi connectivity index (χ0v) is 11.7. The SMILES string of the molecule is Cc1cccc(CC(Br)CC2CCCC2)c1. The Labute approximate surface area is 108 Å². The summed E-state index contributed by atoms with van der Waals surface area (Å²) in [5.41, 5.74) is 2.85. The largest absolute Gasteiger partial charge is 0.0887 e. The Morgan fingerprint density at radius 3 is 2.75 bits per heavy atom. The van der Waals surface area contributed by atoms with Crippen LogP contribution in [-0.2, 0) is 6.42 Å². The Kier molecular flexibility index (Phi) is 4.45. The molecule has 1 aromatic rings. The molecule has 0 saturated heterocycles. The normalized spacial score (nSPS) is 18.9. The molecule has 1 aliphatic carbocycles. The first-order valence-corrected chi connectivity index (χ1v) is 7.35. The molecule has 2 rings (SSSR count). The van der Waals surface area contributed by atoms with Gasteiger partial charge >= 0.3 is 0 Å². The summed E-state index contributed by atoms with van der Waals surface area (Å²) in [6, 6.07) is 8.89.